The summed E-state index contributed by atoms with van der Waals surface area (Å²) in [6, 6.07) is 9.00. The van der Waals surface area contributed by atoms with E-state index in [0.29, 0.717) is 36.8 Å². The van der Waals surface area contributed by atoms with Crippen LogP contribution in [0.4, 0.5) is 5.69 Å². The number of nitrogens with one attached hydrogen (secondary N) is 1. The molecule has 0 aliphatic rings. The molecule has 6 heteroatoms. The quantitative estimate of drug-likeness (QED) is 0.798. The van der Waals surface area contributed by atoms with Crippen molar-refractivity contribution in [1.82, 2.24) is 4.90 Å². The summed E-state index contributed by atoms with van der Waals surface area (Å²) in [4.78, 5) is 13.8. The van der Waals surface area contributed by atoms with Gasteiger partial charge in [0.15, 0.2) is 0 Å². The lowest BCUT2D eigenvalue weighted by Gasteiger charge is -2.20. The molecule has 0 unspecified atom stereocenters. The zero-order chi connectivity index (χ0) is 14.8. The molecule has 5 nitrogen and oxygen atoms in total. The van der Waals surface area contributed by atoms with E-state index in [9.17, 15) is 4.79 Å². The summed E-state index contributed by atoms with van der Waals surface area (Å²) in [6.07, 6.45) is 0.387. The zero-order valence-electron chi connectivity index (χ0n) is 11.4. The number of hydrogen-bond acceptors (Lipinski definition) is 4. The number of hydrogen-bond donors (Lipinski definition) is 1. The van der Waals surface area contributed by atoms with Crippen molar-refractivity contribution >= 4 is 23.2 Å². The summed E-state index contributed by atoms with van der Waals surface area (Å²) in [5, 5.41) is 12.0. The molecule has 0 heterocycles. The van der Waals surface area contributed by atoms with Crippen LogP contribution in [0.3, 0.4) is 0 Å². The molecule has 1 rings (SSSR count). The van der Waals surface area contributed by atoms with Crippen LogP contribution in [-0.2, 0) is 9.53 Å². The van der Waals surface area contributed by atoms with Crippen LogP contribution in [0.1, 0.15) is 6.42 Å². The van der Waals surface area contributed by atoms with E-state index >= 15 is 0 Å². The van der Waals surface area contributed by atoms with Gasteiger partial charge in [-0.3, -0.25) is 9.69 Å². The predicted molar refractivity (Wildman–Crippen MR) is 78.6 cm³/mol. The SMILES string of the molecule is COCCN(CCC#N)CC(=O)Nc1ccc(Cl)cc1. The fourth-order valence-corrected chi connectivity index (χ4v) is 1.76. The Morgan fingerprint density at radius 1 is 1.40 bits per heavy atom. The van der Waals surface area contributed by atoms with E-state index in [-0.39, 0.29) is 12.5 Å². The first-order valence-corrected chi connectivity index (χ1v) is 6.67. The van der Waals surface area contributed by atoms with Crippen LogP contribution < -0.4 is 5.32 Å². The number of carbonyl (C=O) groups is 1. The van der Waals surface area contributed by atoms with Gasteiger partial charge in [-0.2, -0.15) is 5.26 Å². The fraction of sp³-hybridized carbons (Fsp3) is 0.429. The molecule has 1 N–H and O–H groups in total. The highest BCUT2D eigenvalue weighted by molar-refractivity contribution is 6.30. The molecule has 0 saturated carbocycles. The number of anilines is 1. The topological polar surface area (TPSA) is 65.4 Å². The van der Waals surface area contributed by atoms with E-state index in [1.807, 2.05) is 4.90 Å². The molecular formula is C14H18ClN3O2. The van der Waals surface area contributed by atoms with Gasteiger partial charge in [0.1, 0.15) is 0 Å². The Morgan fingerprint density at radius 2 is 2.10 bits per heavy atom. The van der Waals surface area contributed by atoms with Crippen molar-refractivity contribution in [2.45, 2.75) is 6.42 Å². The van der Waals surface area contributed by atoms with Crippen molar-refractivity contribution < 1.29 is 9.53 Å². The number of halogens is 1. The number of rotatable bonds is 8. The molecule has 20 heavy (non-hydrogen) atoms. The minimum absolute atomic E-state index is 0.124. The molecule has 0 aromatic heterocycles. The standard InChI is InChI=1S/C14H18ClN3O2/c1-20-10-9-18(8-2-7-16)11-14(19)17-13-5-3-12(15)4-6-13/h3-6H,2,8-11H2,1H3,(H,17,19). The van der Waals surface area contributed by atoms with E-state index in [1.165, 1.54) is 0 Å². The van der Waals surface area contributed by atoms with Gasteiger partial charge in [0.2, 0.25) is 5.91 Å². The molecule has 0 fully saturated rings. The van der Waals surface area contributed by atoms with Gasteiger partial charge < -0.3 is 10.1 Å². The third kappa shape index (κ3) is 6.53. The Kier molecular flexibility index (Phi) is 7.66. The first-order valence-electron chi connectivity index (χ1n) is 6.29. The number of carbonyl (C=O) groups excluding carboxylic acids is 1. The summed E-state index contributed by atoms with van der Waals surface area (Å²) in [5.41, 5.74) is 0.700. The van der Waals surface area contributed by atoms with Crippen molar-refractivity contribution in [2.75, 3.05) is 38.7 Å². The van der Waals surface area contributed by atoms with Crippen LogP contribution in [-0.4, -0.2) is 44.2 Å². The molecule has 1 amide bonds. The van der Waals surface area contributed by atoms with E-state index in [1.54, 1.807) is 31.4 Å². The van der Waals surface area contributed by atoms with Crippen LogP contribution in [0.2, 0.25) is 5.02 Å². The second-order valence-corrected chi connectivity index (χ2v) is 4.67. The maximum atomic E-state index is 11.9. The van der Waals surface area contributed by atoms with Gasteiger partial charge in [0.25, 0.3) is 0 Å². The van der Waals surface area contributed by atoms with Gasteiger partial charge in [-0.15, -0.1) is 0 Å². The van der Waals surface area contributed by atoms with Crippen LogP contribution in [0.15, 0.2) is 24.3 Å². The fourth-order valence-electron chi connectivity index (χ4n) is 1.64. The minimum Gasteiger partial charge on any atom is -0.383 e. The lowest BCUT2D eigenvalue weighted by Crippen LogP contribution is -2.36. The van der Waals surface area contributed by atoms with Gasteiger partial charge in [-0.05, 0) is 24.3 Å². The number of nitriles is 1. The molecule has 1 aromatic carbocycles. The van der Waals surface area contributed by atoms with E-state index < -0.39 is 0 Å². The van der Waals surface area contributed by atoms with Gasteiger partial charge in [0, 0.05) is 37.3 Å². The van der Waals surface area contributed by atoms with Crippen LogP contribution in [0.5, 0.6) is 0 Å². The predicted octanol–water partition coefficient (Wildman–Crippen LogP) is 2.14. The molecule has 0 spiro atoms. The van der Waals surface area contributed by atoms with Crippen molar-refractivity contribution in [3.63, 3.8) is 0 Å². The first-order chi connectivity index (χ1) is 9.65. The molecule has 0 saturated heterocycles. The van der Waals surface area contributed by atoms with Crippen molar-refractivity contribution in [1.29, 1.82) is 5.26 Å². The number of benzene rings is 1. The molecule has 0 atom stereocenters. The van der Waals surface area contributed by atoms with Gasteiger partial charge in [0.05, 0.1) is 19.2 Å². The minimum atomic E-state index is -0.124. The van der Waals surface area contributed by atoms with Crippen LogP contribution in [0.25, 0.3) is 0 Å². The van der Waals surface area contributed by atoms with Crippen LogP contribution in [0, 0.1) is 11.3 Å². The number of nitrogens with zero attached hydrogens (tertiary/aromatic N) is 2. The van der Waals surface area contributed by atoms with E-state index in [2.05, 4.69) is 11.4 Å². The first kappa shape index (κ1) is 16.4. The highest BCUT2D eigenvalue weighted by Crippen LogP contribution is 2.13. The maximum absolute atomic E-state index is 11.9. The Labute approximate surface area is 124 Å². The van der Waals surface area contributed by atoms with Gasteiger partial charge in [-0.1, -0.05) is 11.6 Å². The molecule has 0 bridgehead atoms. The summed E-state index contributed by atoms with van der Waals surface area (Å²) in [5.74, 6) is -0.124. The molecule has 0 aliphatic carbocycles. The Bertz CT molecular complexity index is 456. The van der Waals surface area contributed by atoms with E-state index in [4.69, 9.17) is 21.6 Å². The summed E-state index contributed by atoms with van der Waals surface area (Å²) in [7, 11) is 1.61. The van der Waals surface area contributed by atoms with Crippen LogP contribution >= 0.6 is 11.6 Å². The lowest BCUT2D eigenvalue weighted by molar-refractivity contribution is -0.117. The summed E-state index contributed by atoms with van der Waals surface area (Å²) in [6.45, 7) is 1.92. The maximum Gasteiger partial charge on any atom is 0.238 e. The molecule has 1 aromatic rings. The summed E-state index contributed by atoms with van der Waals surface area (Å²) < 4.78 is 4.99. The molecule has 0 radical (unpaired) electrons. The second-order valence-electron chi connectivity index (χ2n) is 4.23. The third-order valence-electron chi connectivity index (χ3n) is 2.65. The van der Waals surface area contributed by atoms with Crippen molar-refractivity contribution in [2.24, 2.45) is 0 Å². The lowest BCUT2D eigenvalue weighted by atomic mass is 10.3. The van der Waals surface area contributed by atoms with Crippen molar-refractivity contribution in [3.05, 3.63) is 29.3 Å². The smallest absolute Gasteiger partial charge is 0.238 e. The molecular weight excluding hydrogens is 278 g/mol. The molecule has 108 valence electrons. The van der Waals surface area contributed by atoms with E-state index in [0.717, 1.165) is 0 Å². The van der Waals surface area contributed by atoms with Gasteiger partial charge in [-0.25, -0.2) is 0 Å². The third-order valence-corrected chi connectivity index (χ3v) is 2.90. The largest absolute Gasteiger partial charge is 0.383 e. The second kappa shape index (κ2) is 9.32. The highest BCUT2D eigenvalue weighted by Gasteiger charge is 2.10. The normalized spacial score (nSPS) is 10.3. The Morgan fingerprint density at radius 3 is 2.70 bits per heavy atom. The Balaban J connectivity index is 2.47. The number of methoxy groups -OCH3 is 1. The number of ether oxygens (including phenoxy) is 1. The molecule has 0 aliphatic heterocycles. The average molecular weight is 296 g/mol. The average Bonchev–Trinajstić information content (AvgIpc) is 2.44. The zero-order valence-corrected chi connectivity index (χ0v) is 12.2. The van der Waals surface area contributed by atoms with Crippen molar-refractivity contribution in [3.8, 4) is 6.07 Å². The number of amides is 1. The monoisotopic (exact) mass is 295 g/mol. The highest BCUT2D eigenvalue weighted by atomic mass is 35.5. The summed E-state index contributed by atoms with van der Waals surface area (Å²) >= 11 is 5.78. The van der Waals surface area contributed by atoms with Gasteiger partial charge >= 0.3 is 0 Å². The Hall–Kier alpha value is -1.61.